The van der Waals surface area contributed by atoms with Crippen molar-refractivity contribution in [2.45, 2.75) is 32.1 Å². The molecule has 0 bridgehead atoms. The van der Waals surface area contributed by atoms with Gasteiger partial charge in [-0.2, -0.15) is 0 Å². The molecule has 0 heterocycles. The first-order valence-corrected chi connectivity index (χ1v) is 9.11. The Hall–Kier alpha value is -3.68. The maximum Gasteiger partial charge on any atom is 0.303 e. The molecule has 0 atom stereocenters. The minimum Gasteiger partial charge on any atom is -0.481 e. The molecule has 8 nitrogen and oxygen atoms in total. The molecule has 0 saturated heterocycles. The minimum absolute atomic E-state index is 0.102. The predicted molar refractivity (Wildman–Crippen MR) is 106 cm³/mol. The summed E-state index contributed by atoms with van der Waals surface area (Å²) in [4.78, 5) is 44.9. The second-order valence-corrected chi connectivity index (χ2v) is 6.80. The van der Waals surface area contributed by atoms with Gasteiger partial charge < -0.3 is 20.8 Å². The first-order valence-electron chi connectivity index (χ1n) is 9.11. The van der Waals surface area contributed by atoms with E-state index < -0.39 is 11.9 Å². The quantitative estimate of drug-likeness (QED) is 0.463. The highest BCUT2D eigenvalue weighted by Gasteiger charge is 2.20. The van der Waals surface area contributed by atoms with Crippen molar-refractivity contribution in [3.8, 4) is 11.1 Å². The highest BCUT2D eigenvalue weighted by atomic mass is 16.4. The lowest BCUT2D eigenvalue weighted by molar-refractivity contribution is -0.138. The largest absolute Gasteiger partial charge is 0.481 e. The summed E-state index contributed by atoms with van der Waals surface area (Å²) in [6.07, 6.45) is 0.0608. The van der Waals surface area contributed by atoms with Crippen LogP contribution in [0.1, 0.15) is 36.8 Å². The molecule has 0 aromatic heterocycles. The molecule has 3 rings (SSSR count). The number of hydrogen-bond donors (Lipinski definition) is 4. The summed E-state index contributed by atoms with van der Waals surface area (Å²) in [6, 6.07) is 11.0. The van der Waals surface area contributed by atoms with Crippen LogP contribution < -0.4 is 10.6 Å². The zero-order valence-corrected chi connectivity index (χ0v) is 15.5. The van der Waals surface area contributed by atoms with Gasteiger partial charge in [0.15, 0.2) is 0 Å². The van der Waals surface area contributed by atoms with Gasteiger partial charge in [0, 0.05) is 24.2 Å². The normalized spacial score (nSPS) is 11.3. The van der Waals surface area contributed by atoms with Gasteiger partial charge in [0.1, 0.15) is 0 Å². The fraction of sp³-hybridized carbons (Fsp3) is 0.238. The maximum atomic E-state index is 11.9. The van der Waals surface area contributed by atoms with Crippen LogP contribution >= 0.6 is 0 Å². The first kappa shape index (κ1) is 20.1. The van der Waals surface area contributed by atoms with Gasteiger partial charge in [-0.1, -0.05) is 12.1 Å². The number of hydrogen-bond acceptors (Lipinski definition) is 4. The van der Waals surface area contributed by atoms with Crippen LogP contribution in [-0.2, 0) is 25.6 Å². The third kappa shape index (κ3) is 5.19. The van der Waals surface area contributed by atoms with Crippen LogP contribution in [0.5, 0.6) is 0 Å². The molecule has 0 unspecified atom stereocenters. The lowest BCUT2D eigenvalue weighted by atomic mass is 10.0. The molecule has 29 heavy (non-hydrogen) atoms. The average molecular weight is 396 g/mol. The van der Waals surface area contributed by atoms with Crippen LogP contribution in [0.4, 0.5) is 11.4 Å². The Morgan fingerprint density at radius 1 is 0.690 bits per heavy atom. The molecule has 0 aliphatic heterocycles. The molecule has 8 heteroatoms. The molecule has 1 aliphatic carbocycles. The van der Waals surface area contributed by atoms with E-state index in [1.165, 1.54) is 0 Å². The van der Waals surface area contributed by atoms with E-state index in [-0.39, 0.29) is 37.5 Å². The van der Waals surface area contributed by atoms with Gasteiger partial charge in [0.2, 0.25) is 11.8 Å². The van der Waals surface area contributed by atoms with Gasteiger partial charge in [-0.15, -0.1) is 0 Å². The summed E-state index contributed by atoms with van der Waals surface area (Å²) in [5.41, 5.74) is 5.16. The summed E-state index contributed by atoms with van der Waals surface area (Å²) in [5.74, 6) is -2.79. The standard InChI is InChI=1S/C21H20N2O6/c24-18(5-7-20(26)27)22-14-3-1-12-9-13-2-4-15(11-17(13)16(12)10-14)23-19(25)6-8-21(28)29/h1-4,10-11H,5-9H2,(H,22,24)(H,23,25)(H,26,27)(H,28,29). The van der Waals surface area contributed by atoms with Crippen molar-refractivity contribution in [2.24, 2.45) is 0 Å². The SMILES string of the molecule is O=C(O)CCC(=O)Nc1ccc2c(c1)-c1cc(NC(=O)CCC(=O)O)ccc1C2. The third-order valence-corrected chi connectivity index (χ3v) is 4.59. The van der Waals surface area contributed by atoms with E-state index in [2.05, 4.69) is 10.6 Å². The molecule has 0 saturated carbocycles. The van der Waals surface area contributed by atoms with Crippen LogP contribution in [0.3, 0.4) is 0 Å². The summed E-state index contributed by atoms with van der Waals surface area (Å²) < 4.78 is 0. The zero-order valence-electron chi connectivity index (χ0n) is 15.5. The first-order chi connectivity index (χ1) is 13.8. The Balaban J connectivity index is 1.74. The molecule has 0 spiro atoms. The van der Waals surface area contributed by atoms with E-state index >= 15 is 0 Å². The van der Waals surface area contributed by atoms with Crippen molar-refractivity contribution in [3.63, 3.8) is 0 Å². The lowest BCUT2D eigenvalue weighted by Gasteiger charge is -2.09. The van der Waals surface area contributed by atoms with E-state index in [1.54, 1.807) is 12.1 Å². The monoisotopic (exact) mass is 396 g/mol. The number of anilines is 2. The molecule has 4 N–H and O–H groups in total. The average Bonchev–Trinajstić information content (AvgIpc) is 3.02. The maximum absolute atomic E-state index is 11.9. The van der Waals surface area contributed by atoms with Crippen molar-refractivity contribution in [3.05, 3.63) is 47.5 Å². The number of nitrogens with one attached hydrogen (secondary N) is 2. The van der Waals surface area contributed by atoms with Crippen LogP contribution in [-0.4, -0.2) is 34.0 Å². The van der Waals surface area contributed by atoms with E-state index in [0.717, 1.165) is 28.7 Å². The topological polar surface area (TPSA) is 133 Å². The van der Waals surface area contributed by atoms with Crippen molar-refractivity contribution in [1.82, 2.24) is 0 Å². The number of benzene rings is 2. The van der Waals surface area contributed by atoms with Crippen LogP contribution in [0.15, 0.2) is 36.4 Å². The molecular weight excluding hydrogens is 376 g/mol. The van der Waals surface area contributed by atoms with Crippen molar-refractivity contribution in [1.29, 1.82) is 0 Å². The Kier molecular flexibility index (Phi) is 5.92. The minimum atomic E-state index is -1.03. The molecular formula is C21H20N2O6. The van der Waals surface area contributed by atoms with Gasteiger partial charge in [-0.05, 0) is 52.9 Å². The molecule has 1 aliphatic rings. The summed E-state index contributed by atoms with van der Waals surface area (Å²) in [6.45, 7) is 0. The molecule has 0 fully saturated rings. The molecule has 0 radical (unpaired) electrons. The van der Waals surface area contributed by atoms with E-state index in [0.29, 0.717) is 11.4 Å². The van der Waals surface area contributed by atoms with E-state index in [9.17, 15) is 19.2 Å². The van der Waals surface area contributed by atoms with Crippen molar-refractivity contribution in [2.75, 3.05) is 10.6 Å². The number of carbonyl (C=O) groups is 4. The van der Waals surface area contributed by atoms with Crippen molar-refractivity contribution < 1.29 is 29.4 Å². The number of amides is 2. The van der Waals surface area contributed by atoms with Crippen molar-refractivity contribution >= 4 is 35.1 Å². The Morgan fingerprint density at radius 2 is 1.10 bits per heavy atom. The molecule has 150 valence electrons. The van der Waals surface area contributed by atoms with Gasteiger partial charge in [-0.25, -0.2) is 0 Å². The molecule has 2 amide bonds. The highest BCUT2D eigenvalue weighted by Crippen LogP contribution is 2.39. The smallest absolute Gasteiger partial charge is 0.303 e. The van der Waals surface area contributed by atoms with Gasteiger partial charge in [-0.3, -0.25) is 19.2 Å². The van der Waals surface area contributed by atoms with Crippen LogP contribution in [0, 0.1) is 0 Å². The number of carboxylic acid groups (broad SMARTS) is 2. The Bertz CT molecular complexity index is 919. The van der Waals surface area contributed by atoms with Crippen LogP contribution in [0.25, 0.3) is 11.1 Å². The Labute approximate surface area is 166 Å². The highest BCUT2D eigenvalue weighted by molar-refractivity contribution is 5.95. The van der Waals surface area contributed by atoms with Gasteiger partial charge in [0.25, 0.3) is 0 Å². The van der Waals surface area contributed by atoms with Gasteiger partial charge >= 0.3 is 11.9 Å². The fourth-order valence-corrected chi connectivity index (χ4v) is 3.21. The number of carboxylic acids is 2. The number of rotatable bonds is 8. The number of carbonyl (C=O) groups excluding carboxylic acids is 2. The van der Waals surface area contributed by atoms with Crippen LogP contribution in [0.2, 0.25) is 0 Å². The summed E-state index contributed by atoms with van der Waals surface area (Å²) in [5, 5.41) is 22.8. The second-order valence-electron chi connectivity index (χ2n) is 6.80. The number of fused-ring (bicyclic) bond motifs is 3. The molecule has 2 aromatic rings. The summed E-state index contributed by atoms with van der Waals surface area (Å²) >= 11 is 0. The van der Waals surface area contributed by atoms with E-state index in [1.807, 2.05) is 24.3 Å². The zero-order chi connectivity index (χ0) is 21.0. The summed E-state index contributed by atoms with van der Waals surface area (Å²) in [7, 11) is 0. The Morgan fingerprint density at radius 3 is 1.48 bits per heavy atom. The number of aliphatic carboxylic acids is 2. The van der Waals surface area contributed by atoms with Gasteiger partial charge in [0.05, 0.1) is 12.8 Å². The predicted octanol–water partition coefficient (Wildman–Crippen LogP) is 2.86. The molecule has 2 aromatic carbocycles. The van der Waals surface area contributed by atoms with E-state index in [4.69, 9.17) is 10.2 Å². The lowest BCUT2D eigenvalue weighted by Crippen LogP contribution is -2.13. The second kappa shape index (κ2) is 8.55. The third-order valence-electron chi connectivity index (χ3n) is 4.59. The fourth-order valence-electron chi connectivity index (χ4n) is 3.21.